The van der Waals surface area contributed by atoms with Crippen molar-refractivity contribution in [1.29, 1.82) is 0 Å². The number of hydrogen-bond acceptors (Lipinski definition) is 4. The van der Waals surface area contributed by atoms with Crippen LogP contribution in [-0.4, -0.2) is 42.5 Å². The van der Waals surface area contributed by atoms with Crippen LogP contribution in [0.2, 0.25) is 0 Å². The standard InChI is InChI=1S/C15H24N2O3/c1-15(2,3)20-14(19)17-10-6-7-12(11-17)13(18)8-5-9-16-4/h6-7,10,16H,5,8-9,11H2,1-4H3. The van der Waals surface area contributed by atoms with Gasteiger partial charge in [0, 0.05) is 18.2 Å². The number of allylic oxidation sites excluding steroid dienone is 2. The molecule has 0 saturated carbocycles. The average Bonchev–Trinajstić information content (AvgIpc) is 2.37. The summed E-state index contributed by atoms with van der Waals surface area (Å²) in [7, 11) is 1.86. The predicted molar refractivity (Wildman–Crippen MR) is 78.3 cm³/mol. The number of carbonyl (C=O) groups excluding carboxylic acids is 2. The van der Waals surface area contributed by atoms with E-state index in [4.69, 9.17) is 4.74 Å². The lowest BCUT2D eigenvalue weighted by Gasteiger charge is -2.26. The summed E-state index contributed by atoms with van der Waals surface area (Å²) in [6, 6.07) is 0. The van der Waals surface area contributed by atoms with Crippen LogP contribution in [0.3, 0.4) is 0 Å². The van der Waals surface area contributed by atoms with Gasteiger partial charge in [-0.1, -0.05) is 6.08 Å². The maximum absolute atomic E-state index is 12.0. The third kappa shape index (κ3) is 5.57. The van der Waals surface area contributed by atoms with Crippen LogP contribution in [0.5, 0.6) is 0 Å². The fraction of sp³-hybridized carbons (Fsp3) is 0.600. The average molecular weight is 280 g/mol. The molecule has 5 nitrogen and oxygen atoms in total. The summed E-state index contributed by atoms with van der Waals surface area (Å²) in [6.07, 6.45) is 5.97. The molecule has 1 amide bonds. The van der Waals surface area contributed by atoms with E-state index in [1.165, 1.54) is 4.90 Å². The second kappa shape index (κ2) is 7.24. The number of carbonyl (C=O) groups is 2. The number of hydrogen-bond donors (Lipinski definition) is 1. The molecule has 1 aliphatic heterocycles. The lowest BCUT2D eigenvalue weighted by atomic mass is 10.0. The van der Waals surface area contributed by atoms with E-state index >= 15 is 0 Å². The molecule has 0 atom stereocenters. The van der Waals surface area contributed by atoms with E-state index in [-0.39, 0.29) is 12.3 Å². The van der Waals surface area contributed by atoms with Crippen LogP contribution >= 0.6 is 0 Å². The Hall–Kier alpha value is -1.62. The Bertz CT molecular complexity index is 419. The summed E-state index contributed by atoms with van der Waals surface area (Å²) in [4.78, 5) is 25.4. The second-order valence-corrected chi connectivity index (χ2v) is 5.77. The molecule has 0 aromatic rings. The summed E-state index contributed by atoms with van der Waals surface area (Å²) in [5, 5.41) is 3.01. The first-order valence-corrected chi connectivity index (χ1v) is 6.88. The van der Waals surface area contributed by atoms with Crippen LogP contribution < -0.4 is 5.32 Å². The predicted octanol–water partition coefficient (Wildman–Crippen LogP) is 2.25. The van der Waals surface area contributed by atoms with Crippen molar-refractivity contribution in [2.24, 2.45) is 0 Å². The van der Waals surface area contributed by atoms with Crippen LogP contribution in [0, 0.1) is 0 Å². The normalized spacial score (nSPS) is 15.0. The van der Waals surface area contributed by atoms with Gasteiger partial charge < -0.3 is 10.1 Å². The molecule has 0 aliphatic carbocycles. The molecule has 1 N–H and O–H groups in total. The van der Waals surface area contributed by atoms with Gasteiger partial charge in [-0.05, 0) is 46.9 Å². The zero-order valence-corrected chi connectivity index (χ0v) is 12.7. The summed E-state index contributed by atoms with van der Waals surface area (Å²) < 4.78 is 5.29. The molecule has 1 rings (SSSR count). The Labute approximate surface area is 120 Å². The van der Waals surface area contributed by atoms with E-state index in [1.807, 2.05) is 27.8 Å². The molecular weight excluding hydrogens is 256 g/mol. The van der Waals surface area contributed by atoms with Gasteiger partial charge in [0.05, 0.1) is 6.54 Å². The van der Waals surface area contributed by atoms with Gasteiger partial charge in [0.25, 0.3) is 0 Å². The summed E-state index contributed by atoms with van der Waals surface area (Å²) >= 11 is 0. The minimum Gasteiger partial charge on any atom is -0.443 e. The third-order valence-electron chi connectivity index (χ3n) is 2.72. The van der Waals surface area contributed by atoms with E-state index in [0.717, 1.165) is 13.0 Å². The van der Waals surface area contributed by atoms with Crippen LogP contribution in [0.4, 0.5) is 4.79 Å². The quantitative estimate of drug-likeness (QED) is 0.785. The molecule has 20 heavy (non-hydrogen) atoms. The number of ketones is 1. The minimum absolute atomic E-state index is 0.0816. The first-order chi connectivity index (χ1) is 9.33. The molecule has 5 heteroatoms. The molecule has 0 spiro atoms. The number of amides is 1. The highest BCUT2D eigenvalue weighted by molar-refractivity contribution is 5.96. The fourth-order valence-corrected chi connectivity index (χ4v) is 1.77. The molecule has 0 saturated heterocycles. The highest BCUT2D eigenvalue weighted by atomic mass is 16.6. The first-order valence-electron chi connectivity index (χ1n) is 6.88. The van der Waals surface area contributed by atoms with E-state index < -0.39 is 11.7 Å². The zero-order chi connectivity index (χ0) is 15.2. The molecule has 0 unspecified atom stereocenters. The number of nitrogens with zero attached hydrogens (tertiary/aromatic N) is 1. The largest absolute Gasteiger partial charge is 0.443 e. The topological polar surface area (TPSA) is 58.6 Å². The Morgan fingerprint density at radius 3 is 2.70 bits per heavy atom. The minimum atomic E-state index is -0.539. The Morgan fingerprint density at radius 2 is 2.10 bits per heavy atom. The maximum Gasteiger partial charge on any atom is 0.414 e. The van der Waals surface area contributed by atoms with Crippen LogP contribution in [0.15, 0.2) is 23.9 Å². The van der Waals surface area contributed by atoms with Crippen LogP contribution in [0.1, 0.15) is 33.6 Å². The van der Waals surface area contributed by atoms with Gasteiger partial charge in [0.2, 0.25) is 0 Å². The van der Waals surface area contributed by atoms with E-state index in [9.17, 15) is 9.59 Å². The van der Waals surface area contributed by atoms with E-state index in [0.29, 0.717) is 12.0 Å². The number of Topliss-reactive ketones (excluding diaryl/α,β-unsaturated/α-hetero) is 1. The van der Waals surface area contributed by atoms with Gasteiger partial charge in [0.1, 0.15) is 5.60 Å². The van der Waals surface area contributed by atoms with Crippen molar-refractivity contribution >= 4 is 11.9 Å². The summed E-state index contributed by atoms with van der Waals surface area (Å²) in [6.45, 7) is 6.54. The van der Waals surface area contributed by atoms with Crippen molar-refractivity contribution < 1.29 is 14.3 Å². The van der Waals surface area contributed by atoms with E-state index in [2.05, 4.69) is 5.32 Å². The number of ether oxygens (including phenoxy) is 1. The van der Waals surface area contributed by atoms with Crippen LogP contribution in [-0.2, 0) is 9.53 Å². The summed E-state index contributed by atoms with van der Waals surface area (Å²) in [5.74, 6) is 0.0816. The lowest BCUT2D eigenvalue weighted by molar-refractivity contribution is -0.115. The molecule has 0 aromatic carbocycles. The molecule has 0 fully saturated rings. The highest BCUT2D eigenvalue weighted by Gasteiger charge is 2.24. The molecule has 0 radical (unpaired) electrons. The van der Waals surface area contributed by atoms with Gasteiger partial charge in [-0.3, -0.25) is 9.69 Å². The van der Waals surface area contributed by atoms with Gasteiger partial charge in [-0.15, -0.1) is 0 Å². The number of nitrogens with one attached hydrogen (secondary N) is 1. The van der Waals surface area contributed by atoms with Crippen molar-refractivity contribution in [3.05, 3.63) is 23.9 Å². The SMILES string of the molecule is CNCCCC(=O)C1=CC=CN(C(=O)OC(C)(C)C)C1. The van der Waals surface area contributed by atoms with Gasteiger partial charge >= 0.3 is 6.09 Å². The van der Waals surface area contributed by atoms with Crippen molar-refractivity contribution in [3.8, 4) is 0 Å². The smallest absolute Gasteiger partial charge is 0.414 e. The molecule has 0 aromatic heterocycles. The third-order valence-corrected chi connectivity index (χ3v) is 2.72. The lowest BCUT2D eigenvalue weighted by Crippen LogP contribution is -2.36. The Balaban J connectivity index is 2.54. The van der Waals surface area contributed by atoms with Gasteiger partial charge in [-0.2, -0.15) is 0 Å². The van der Waals surface area contributed by atoms with Gasteiger partial charge in [-0.25, -0.2) is 4.79 Å². The van der Waals surface area contributed by atoms with E-state index in [1.54, 1.807) is 18.4 Å². The highest BCUT2D eigenvalue weighted by Crippen LogP contribution is 2.15. The van der Waals surface area contributed by atoms with Crippen molar-refractivity contribution in [2.75, 3.05) is 20.1 Å². The maximum atomic E-state index is 12.0. The Kier molecular flexibility index (Phi) is 5.95. The molecule has 0 bridgehead atoms. The van der Waals surface area contributed by atoms with Crippen molar-refractivity contribution in [3.63, 3.8) is 0 Å². The van der Waals surface area contributed by atoms with Crippen molar-refractivity contribution in [2.45, 2.75) is 39.2 Å². The molecular formula is C15H24N2O3. The second-order valence-electron chi connectivity index (χ2n) is 5.77. The molecule has 1 aliphatic rings. The summed E-state index contributed by atoms with van der Waals surface area (Å²) in [5.41, 5.74) is 0.109. The molecule has 1 heterocycles. The molecule has 112 valence electrons. The van der Waals surface area contributed by atoms with Crippen molar-refractivity contribution in [1.82, 2.24) is 10.2 Å². The Morgan fingerprint density at radius 1 is 1.40 bits per heavy atom. The number of rotatable bonds is 5. The fourth-order valence-electron chi connectivity index (χ4n) is 1.77. The monoisotopic (exact) mass is 280 g/mol. The van der Waals surface area contributed by atoms with Gasteiger partial charge in [0.15, 0.2) is 5.78 Å². The van der Waals surface area contributed by atoms with Crippen LogP contribution in [0.25, 0.3) is 0 Å². The zero-order valence-electron chi connectivity index (χ0n) is 12.7. The first kappa shape index (κ1) is 16.4.